The Labute approximate surface area is 169 Å². The van der Waals surface area contributed by atoms with Crippen LogP contribution in [0.25, 0.3) is 11.0 Å². The molecule has 3 rings (SSSR count). The summed E-state index contributed by atoms with van der Waals surface area (Å²) in [5.41, 5.74) is 1.99. The lowest BCUT2D eigenvalue weighted by atomic mass is 10.1. The number of furan rings is 1. The van der Waals surface area contributed by atoms with E-state index in [1.165, 1.54) is 9.78 Å². The van der Waals surface area contributed by atoms with Gasteiger partial charge in [0.15, 0.2) is 5.96 Å². The second kappa shape index (κ2) is 9.41. The fourth-order valence-corrected chi connectivity index (χ4v) is 3.49. The lowest BCUT2D eigenvalue weighted by Crippen LogP contribution is -2.39. The van der Waals surface area contributed by atoms with Crippen molar-refractivity contribution in [1.82, 2.24) is 15.5 Å². The van der Waals surface area contributed by atoms with Gasteiger partial charge in [-0.25, -0.2) is 4.99 Å². The Bertz CT molecular complexity index is 945. The molecule has 2 N–H and O–H groups in total. The molecule has 0 saturated carbocycles. The molecule has 6 nitrogen and oxygen atoms in total. The van der Waals surface area contributed by atoms with Crippen LogP contribution in [0, 0.1) is 6.92 Å². The van der Waals surface area contributed by atoms with E-state index in [4.69, 9.17) is 4.42 Å². The molecular weight excluding hydrogens is 372 g/mol. The van der Waals surface area contributed by atoms with E-state index in [9.17, 15) is 4.79 Å². The van der Waals surface area contributed by atoms with E-state index in [1.807, 2.05) is 24.3 Å². The first-order valence-electron chi connectivity index (χ1n) is 9.26. The first kappa shape index (κ1) is 19.9. The quantitative estimate of drug-likeness (QED) is 0.474. The molecule has 0 aliphatic carbocycles. The number of likely N-dealkylation sites (N-methyl/N-ethyl adjacent to an activating group) is 1. The lowest BCUT2D eigenvalue weighted by Gasteiger charge is -2.13. The molecule has 0 aliphatic rings. The minimum atomic E-state index is -0.0423. The van der Waals surface area contributed by atoms with E-state index in [-0.39, 0.29) is 12.5 Å². The Morgan fingerprint density at radius 1 is 1.18 bits per heavy atom. The van der Waals surface area contributed by atoms with Crippen molar-refractivity contribution in [3.63, 3.8) is 0 Å². The van der Waals surface area contributed by atoms with Gasteiger partial charge in [0.25, 0.3) is 0 Å². The van der Waals surface area contributed by atoms with Crippen LogP contribution in [-0.4, -0.2) is 44.0 Å². The maximum Gasteiger partial charge on any atom is 0.243 e. The number of guanidine groups is 1. The van der Waals surface area contributed by atoms with Crippen molar-refractivity contribution in [2.45, 2.75) is 19.9 Å². The molecule has 0 saturated heterocycles. The fraction of sp³-hybridized carbons (Fsp3) is 0.333. The van der Waals surface area contributed by atoms with Crippen molar-refractivity contribution in [1.29, 1.82) is 0 Å². The minimum absolute atomic E-state index is 0.0423. The Balaban J connectivity index is 1.65. The van der Waals surface area contributed by atoms with E-state index < -0.39 is 0 Å². The number of aryl methyl sites for hydroxylation is 1. The maximum atomic E-state index is 11.9. The monoisotopic (exact) mass is 398 g/mol. The largest absolute Gasteiger partial charge is 0.459 e. The zero-order chi connectivity index (χ0) is 19.9. The lowest BCUT2D eigenvalue weighted by molar-refractivity contribution is -0.127. The SMILES string of the molecule is Cc1c(CNC(=NCC(=O)N(C)C)NCCc2cccs2)oc2ccccc12. The molecule has 0 bridgehead atoms. The highest BCUT2D eigenvalue weighted by Gasteiger charge is 2.11. The van der Waals surface area contributed by atoms with E-state index in [0.717, 1.165) is 35.3 Å². The third-order valence-corrected chi connectivity index (χ3v) is 5.41. The Morgan fingerprint density at radius 3 is 2.71 bits per heavy atom. The van der Waals surface area contributed by atoms with Crippen LogP contribution in [0.1, 0.15) is 16.2 Å². The standard InChI is InChI=1S/C21H26N4O2S/c1-15-17-8-4-5-9-18(17)27-19(15)13-23-21(24-14-20(26)25(2)3)22-11-10-16-7-6-12-28-16/h4-9,12H,10-11,13-14H2,1-3H3,(H2,22,23,24). The van der Waals surface area contributed by atoms with Crippen molar-refractivity contribution in [3.05, 3.63) is 58.0 Å². The number of carbonyl (C=O) groups excluding carboxylic acids is 1. The van der Waals surface area contributed by atoms with Gasteiger partial charge < -0.3 is 20.0 Å². The number of hydrogen-bond acceptors (Lipinski definition) is 4. The van der Waals surface area contributed by atoms with Crippen molar-refractivity contribution in [2.75, 3.05) is 27.2 Å². The molecule has 2 heterocycles. The molecule has 0 fully saturated rings. The summed E-state index contributed by atoms with van der Waals surface area (Å²) < 4.78 is 5.96. The number of thiophene rings is 1. The molecule has 148 valence electrons. The van der Waals surface area contributed by atoms with Crippen molar-refractivity contribution < 1.29 is 9.21 Å². The van der Waals surface area contributed by atoms with Gasteiger partial charge in [0.2, 0.25) is 5.91 Å². The molecule has 1 amide bonds. The second-order valence-corrected chi connectivity index (χ2v) is 7.74. The predicted octanol–water partition coefficient (Wildman–Crippen LogP) is 3.17. The summed E-state index contributed by atoms with van der Waals surface area (Å²) in [4.78, 5) is 19.2. The second-order valence-electron chi connectivity index (χ2n) is 6.71. The minimum Gasteiger partial charge on any atom is -0.459 e. The van der Waals surface area contributed by atoms with Crippen LogP contribution in [0.4, 0.5) is 0 Å². The molecule has 3 aromatic rings. The topological polar surface area (TPSA) is 69.9 Å². The summed E-state index contributed by atoms with van der Waals surface area (Å²) in [6.45, 7) is 3.39. The third kappa shape index (κ3) is 5.13. The summed E-state index contributed by atoms with van der Waals surface area (Å²) in [5, 5.41) is 9.79. The predicted molar refractivity (Wildman–Crippen MR) is 115 cm³/mol. The van der Waals surface area contributed by atoms with Gasteiger partial charge >= 0.3 is 0 Å². The third-order valence-electron chi connectivity index (χ3n) is 4.47. The van der Waals surface area contributed by atoms with Gasteiger partial charge in [-0.3, -0.25) is 4.79 Å². The van der Waals surface area contributed by atoms with Crippen LogP contribution in [0.3, 0.4) is 0 Å². The van der Waals surface area contributed by atoms with Crippen molar-refractivity contribution in [2.24, 2.45) is 4.99 Å². The molecule has 7 heteroatoms. The first-order valence-corrected chi connectivity index (χ1v) is 10.1. The summed E-state index contributed by atoms with van der Waals surface area (Å²) in [6.07, 6.45) is 0.906. The van der Waals surface area contributed by atoms with Gasteiger partial charge in [0, 0.05) is 36.5 Å². The van der Waals surface area contributed by atoms with E-state index >= 15 is 0 Å². The molecule has 2 aromatic heterocycles. The summed E-state index contributed by atoms with van der Waals surface area (Å²) in [5.74, 6) is 1.43. The molecule has 0 atom stereocenters. The number of para-hydroxylation sites is 1. The van der Waals surface area contributed by atoms with Crippen LogP contribution >= 0.6 is 11.3 Å². The Kier molecular flexibility index (Phi) is 6.71. The van der Waals surface area contributed by atoms with E-state index in [2.05, 4.69) is 40.1 Å². The van der Waals surface area contributed by atoms with Crippen molar-refractivity contribution in [3.8, 4) is 0 Å². The number of benzene rings is 1. The van der Waals surface area contributed by atoms with Gasteiger partial charge in [-0.1, -0.05) is 24.3 Å². The number of rotatable bonds is 7. The number of fused-ring (bicyclic) bond motifs is 1. The Hall–Kier alpha value is -2.80. The molecule has 1 aromatic carbocycles. The number of nitrogens with one attached hydrogen (secondary N) is 2. The number of hydrogen-bond donors (Lipinski definition) is 2. The van der Waals surface area contributed by atoms with Crippen LogP contribution in [0.2, 0.25) is 0 Å². The molecule has 28 heavy (non-hydrogen) atoms. The molecule has 0 aliphatic heterocycles. The van der Waals surface area contributed by atoms with Crippen LogP contribution in [0.15, 0.2) is 51.2 Å². The highest BCUT2D eigenvalue weighted by atomic mass is 32.1. The summed E-state index contributed by atoms with van der Waals surface area (Å²) >= 11 is 1.74. The van der Waals surface area contributed by atoms with Crippen LogP contribution < -0.4 is 10.6 Å². The maximum absolute atomic E-state index is 11.9. The van der Waals surface area contributed by atoms with Gasteiger partial charge in [0.1, 0.15) is 17.9 Å². The average Bonchev–Trinajstić information content (AvgIpc) is 3.31. The number of amides is 1. The number of carbonyl (C=O) groups is 1. The number of nitrogens with zero attached hydrogens (tertiary/aromatic N) is 2. The normalized spacial score (nSPS) is 11.6. The summed E-state index contributed by atoms with van der Waals surface area (Å²) in [6, 6.07) is 12.2. The summed E-state index contributed by atoms with van der Waals surface area (Å²) in [7, 11) is 3.46. The highest BCUT2D eigenvalue weighted by Crippen LogP contribution is 2.24. The van der Waals surface area contributed by atoms with Crippen molar-refractivity contribution >= 4 is 34.2 Å². The highest BCUT2D eigenvalue weighted by molar-refractivity contribution is 7.09. The first-order chi connectivity index (χ1) is 13.5. The van der Waals surface area contributed by atoms with Gasteiger partial charge in [-0.2, -0.15) is 0 Å². The molecular formula is C21H26N4O2S. The van der Waals surface area contributed by atoms with E-state index in [0.29, 0.717) is 12.5 Å². The van der Waals surface area contributed by atoms with Gasteiger partial charge in [0.05, 0.1) is 6.54 Å². The Morgan fingerprint density at radius 2 is 2.00 bits per heavy atom. The molecule has 0 unspecified atom stereocenters. The molecule has 0 spiro atoms. The zero-order valence-electron chi connectivity index (χ0n) is 16.5. The van der Waals surface area contributed by atoms with Crippen LogP contribution in [-0.2, 0) is 17.8 Å². The molecule has 0 radical (unpaired) electrons. The van der Waals surface area contributed by atoms with E-state index in [1.54, 1.807) is 25.4 Å². The average molecular weight is 399 g/mol. The smallest absolute Gasteiger partial charge is 0.243 e. The zero-order valence-corrected chi connectivity index (χ0v) is 17.3. The fourth-order valence-electron chi connectivity index (χ4n) is 2.78. The van der Waals surface area contributed by atoms with Gasteiger partial charge in [-0.05, 0) is 30.9 Å². The number of aliphatic imine (C=N–C) groups is 1. The van der Waals surface area contributed by atoms with Crippen LogP contribution in [0.5, 0.6) is 0 Å². The van der Waals surface area contributed by atoms with Gasteiger partial charge in [-0.15, -0.1) is 11.3 Å².